The van der Waals surface area contributed by atoms with Crippen LogP contribution in [-0.4, -0.2) is 30.4 Å². The maximum atomic E-state index is 5.76. The van der Waals surface area contributed by atoms with Gasteiger partial charge < -0.3 is 15.8 Å². The normalized spacial score (nSPS) is 20.5. The van der Waals surface area contributed by atoms with E-state index in [2.05, 4.69) is 15.5 Å². The van der Waals surface area contributed by atoms with E-state index >= 15 is 0 Å². The topological polar surface area (TPSA) is 73.1 Å². The number of nitrogens with zero attached hydrogens (tertiary/aromatic N) is 2. The summed E-state index contributed by atoms with van der Waals surface area (Å²) in [5.41, 5.74) is 7.27. The zero-order valence-corrected chi connectivity index (χ0v) is 8.86. The highest BCUT2D eigenvalue weighted by molar-refractivity contribution is 5.47. The molecule has 2 heterocycles. The molecule has 1 atom stereocenters. The minimum absolute atomic E-state index is 0.406. The average molecular weight is 208 g/mol. The van der Waals surface area contributed by atoms with Crippen molar-refractivity contribution in [2.45, 2.75) is 12.8 Å². The van der Waals surface area contributed by atoms with Crippen molar-refractivity contribution in [3.05, 3.63) is 11.8 Å². The third-order valence-corrected chi connectivity index (χ3v) is 2.69. The van der Waals surface area contributed by atoms with Crippen molar-refractivity contribution in [3.63, 3.8) is 0 Å². The first-order chi connectivity index (χ1) is 7.29. The van der Waals surface area contributed by atoms with Crippen LogP contribution in [0.2, 0.25) is 0 Å². The Morgan fingerprint density at radius 2 is 2.47 bits per heavy atom. The van der Waals surface area contributed by atoms with E-state index in [-0.39, 0.29) is 0 Å². The van der Waals surface area contributed by atoms with Crippen molar-refractivity contribution in [1.82, 2.24) is 15.5 Å². The SMILES string of the molecule is COc1nnc(CC2CCNC2)cc1N. The number of nitrogens with one attached hydrogen (secondary N) is 1. The lowest BCUT2D eigenvalue weighted by Crippen LogP contribution is -2.12. The lowest BCUT2D eigenvalue weighted by atomic mass is 10.0. The molecule has 82 valence electrons. The molecule has 1 unspecified atom stereocenters. The number of nitrogens with two attached hydrogens (primary N) is 1. The zero-order valence-electron chi connectivity index (χ0n) is 8.86. The van der Waals surface area contributed by atoms with Gasteiger partial charge in [0.1, 0.15) is 0 Å². The Bertz CT molecular complexity index is 336. The molecule has 1 aliphatic heterocycles. The fourth-order valence-corrected chi connectivity index (χ4v) is 1.88. The van der Waals surface area contributed by atoms with E-state index in [9.17, 15) is 0 Å². The number of hydrogen-bond acceptors (Lipinski definition) is 5. The molecule has 1 saturated heterocycles. The summed E-state index contributed by atoms with van der Waals surface area (Å²) in [6.07, 6.45) is 2.14. The molecule has 15 heavy (non-hydrogen) atoms. The molecule has 0 spiro atoms. The van der Waals surface area contributed by atoms with Crippen LogP contribution in [0.15, 0.2) is 6.07 Å². The molecule has 1 fully saturated rings. The molecule has 0 aromatic carbocycles. The second-order valence-corrected chi connectivity index (χ2v) is 3.86. The third kappa shape index (κ3) is 2.36. The maximum absolute atomic E-state index is 5.76. The van der Waals surface area contributed by atoms with Crippen LogP contribution in [0.3, 0.4) is 0 Å². The molecule has 3 N–H and O–H groups in total. The summed E-state index contributed by atoms with van der Waals surface area (Å²) in [5.74, 6) is 1.07. The Hall–Kier alpha value is -1.36. The van der Waals surface area contributed by atoms with Crippen LogP contribution in [0.1, 0.15) is 12.1 Å². The highest BCUT2D eigenvalue weighted by atomic mass is 16.5. The molecule has 1 aromatic rings. The second-order valence-electron chi connectivity index (χ2n) is 3.86. The molecule has 0 aliphatic carbocycles. The molecule has 0 bridgehead atoms. The Morgan fingerprint density at radius 1 is 1.60 bits per heavy atom. The van der Waals surface area contributed by atoms with E-state index in [1.165, 1.54) is 6.42 Å². The van der Waals surface area contributed by atoms with E-state index in [4.69, 9.17) is 10.5 Å². The summed E-state index contributed by atoms with van der Waals surface area (Å²) >= 11 is 0. The van der Waals surface area contributed by atoms with Crippen LogP contribution < -0.4 is 15.8 Å². The smallest absolute Gasteiger partial charge is 0.256 e. The molecule has 2 rings (SSSR count). The van der Waals surface area contributed by atoms with E-state index in [0.717, 1.165) is 25.2 Å². The Labute approximate surface area is 89.0 Å². The zero-order chi connectivity index (χ0) is 10.7. The number of hydrogen-bond donors (Lipinski definition) is 2. The Morgan fingerprint density at radius 3 is 3.07 bits per heavy atom. The second kappa shape index (κ2) is 4.44. The van der Waals surface area contributed by atoms with Crippen LogP contribution in [0.5, 0.6) is 5.88 Å². The highest BCUT2D eigenvalue weighted by Gasteiger charge is 2.16. The largest absolute Gasteiger partial charge is 0.478 e. The van der Waals surface area contributed by atoms with Gasteiger partial charge in [0.25, 0.3) is 5.88 Å². The first-order valence-electron chi connectivity index (χ1n) is 5.16. The van der Waals surface area contributed by atoms with E-state index in [1.54, 1.807) is 7.11 Å². The predicted octanol–water partition coefficient (Wildman–Crippen LogP) is 0.219. The molecule has 0 amide bonds. The van der Waals surface area contributed by atoms with Gasteiger partial charge in [0.15, 0.2) is 0 Å². The molecule has 5 heteroatoms. The maximum Gasteiger partial charge on any atom is 0.256 e. The fraction of sp³-hybridized carbons (Fsp3) is 0.600. The van der Waals surface area contributed by atoms with Crippen LogP contribution in [0.4, 0.5) is 5.69 Å². The summed E-state index contributed by atoms with van der Waals surface area (Å²) in [4.78, 5) is 0. The van der Waals surface area contributed by atoms with Crippen molar-refractivity contribution in [1.29, 1.82) is 0 Å². The van der Waals surface area contributed by atoms with Gasteiger partial charge in [0, 0.05) is 0 Å². The number of anilines is 1. The molecular formula is C10H16N4O. The van der Waals surface area contributed by atoms with E-state index in [1.807, 2.05) is 6.07 Å². The monoisotopic (exact) mass is 208 g/mol. The lowest BCUT2D eigenvalue weighted by Gasteiger charge is -2.08. The van der Waals surface area contributed by atoms with Gasteiger partial charge in [0.2, 0.25) is 0 Å². The molecule has 0 radical (unpaired) electrons. The number of nitrogen functional groups attached to an aromatic ring is 1. The van der Waals surface area contributed by atoms with Crippen LogP contribution >= 0.6 is 0 Å². The number of rotatable bonds is 3. The quantitative estimate of drug-likeness (QED) is 0.743. The molecule has 0 saturated carbocycles. The summed E-state index contributed by atoms with van der Waals surface area (Å²) in [6, 6.07) is 1.85. The average Bonchev–Trinajstić information content (AvgIpc) is 2.71. The van der Waals surface area contributed by atoms with Crippen molar-refractivity contribution in [2.24, 2.45) is 5.92 Å². The van der Waals surface area contributed by atoms with E-state index in [0.29, 0.717) is 17.5 Å². The lowest BCUT2D eigenvalue weighted by molar-refractivity contribution is 0.393. The summed E-state index contributed by atoms with van der Waals surface area (Å²) in [7, 11) is 1.54. The number of methoxy groups -OCH3 is 1. The van der Waals surface area contributed by atoms with Crippen molar-refractivity contribution >= 4 is 5.69 Å². The molecule has 1 aromatic heterocycles. The van der Waals surface area contributed by atoms with Crippen molar-refractivity contribution in [2.75, 3.05) is 25.9 Å². The summed E-state index contributed by atoms with van der Waals surface area (Å²) in [5, 5.41) is 11.3. The van der Waals surface area contributed by atoms with Crippen molar-refractivity contribution < 1.29 is 4.74 Å². The Kier molecular flexibility index (Phi) is 3.01. The standard InChI is InChI=1S/C10H16N4O/c1-15-10-9(11)5-8(13-14-10)4-7-2-3-12-6-7/h5,7,12H,2-4,6H2,1H3,(H2,11,13). The highest BCUT2D eigenvalue weighted by Crippen LogP contribution is 2.19. The molecule has 5 nitrogen and oxygen atoms in total. The van der Waals surface area contributed by atoms with Gasteiger partial charge in [-0.1, -0.05) is 0 Å². The van der Waals surface area contributed by atoms with Gasteiger partial charge in [-0.25, -0.2) is 0 Å². The minimum Gasteiger partial charge on any atom is -0.478 e. The van der Waals surface area contributed by atoms with Gasteiger partial charge in [-0.3, -0.25) is 0 Å². The van der Waals surface area contributed by atoms with Gasteiger partial charge in [-0.15, -0.1) is 5.10 Å². The number of ether oxygens (including phenoxy) is 1. The van der Waals surface area contributed by atoms with Crippen LogP contribution in [0.25, 0.3) is 0 Å². The van der Waals surface area contributed by atoms with Gasteiger partial charge in [-0.2, -0.15) is 5.10 Å². The third-order valence-electron chi connectivity index (χ3n) is 2.69. The minimum atomic E-state index is 0.406. The summed E-state index contributed by atoms with van der Waals surface area (Å²) in [6.45, 7) is 2.16. The first kappa shape index (κ1) is 10.2. The van der Waals surface area contributed by atoms with Crippen LogP contribution in [0, 0.1) is 5.92 Å². The van der Waals surface area contributed by atoms with E-state index < -0.39 is 0 Å². The number of aromatic nitrogens is 2. The fourth-order valence-electron chi connectivity index (χ4n) is 1.88. The van der Waals surface area contributed by atoms with Crippen molar-refractivity contribution in [3.8, 4) is 5.88 Å². The van der Waals surface area contributed by atoms with Gasteiger partial charge in [-0.05, 0) is 37.9 Å². The summed E-state index contributed by atoms with van der Waals surface area (Å²) < 4.78 is 4.96. The van der Waals surface area contributed by atoms with Gasteiger partial charge >= 0.3 is 0 Å². The molecule has 1 aliphatic rings. The Balaban J connectivity index is 2.05. The molecular weight excluding hydrogens is 192 g/mol. The predicted molar refractivity (Wildman–Crippen MR) is 57.7 cm³/mol. The van der Waals surface area contributed by atoms with Gasteiger partial charge in [0.05, 0.1) is 18.5 Å². The van der Waals surface area contributed by atoms with Crippen LogP contribution in [-0.2, 0) is 6.42 Å². The first-order valence-corrected chi connectivity index (χ1v) is 5.16.